The smallest absolute Gasteiger partial charge is 0.129 e. The molecule has 0 spiro atoms. The Balaban J connectivity index is 2.62. The van der Waals surface area contributed by atoms with E-state index in [4.69, 9.17) is 23.2 Å². The van der Waals surface area contributed by atoms with Gasteiger partial charge in [0.15, 0.2) is 0 Å². The fourth-order valence-corrected chi connectivity index (χ4v) is 2.67. The molecular weight excluding hydrogens is 303 g/mol. The summed E-state index contributed by atoms with van der Waals surface area (Å²) in [7, 11) is 1.67. The Morgan fingerprint density at radius 1 is 1.05 bits per heavy atom. The molecule has 2 rings (SSSR count). The first-order valence-electron chi connectivity index (χ1n) is 6.02. The molecule has 0 aliphatic heterocycles. The zero-order valence-corrected chi connectivity index (χ0v) is 12.5. The number of hydrogen-bond acceptors (Lipinski definition) is 1. The Kier molecular flexibility index (Phi) is 4.63. The van der Waals surface area contributed by atoms with Gasteiger partial charge in [0.1, 0.15) is 11.6 Å². The van der Waals surface area contributed by atoms with Crippen molar-refractivity contribution in [3.05, 3.63) is 68.7 Å². The molecular formula is C15H13Cl2F2N. The summed E-state index contributed by atoms with van der Waals surface area (Å²) in [5.41, 5.74) is 1.32. The van der Waals surface area contributed by atoms with Crippen LogP contribution < -0.4 is 5.32 Å². The highest BCUT2D eigenvalue weighted by molar-refractivity contribution is 6.32. The van der Waals surface area contributed by atoms with Crippen LogP contribution in [0.15, 0.2) is 30.3 Å². The van der Waals surface area contributed by atoms with Crippen LogP contribution in [0, 0.1) is 18.6 Å². The number of nitrogens with one attached hydrogen (secondary N) is 1. The summed E-state index contributed by atoms with van der Waals surface area (Å²) in [5.74, 6) is -0.830. The van der Waals surface area contributed by atoms with Crippen LogP contribution in [0.2, 0.25) is 10.0 Å². The van der Waals surface area contributed by atoms with Crippen molar-refractivity contribution in [3.8, 4) is 0 Å². The molecule has 106 valence electrons. The second-order valence-electron chi connectivity index (χ2n) is 4.48. The maximum Gasteiger partial charge on any atom is 0.129 e. The molecule has 0 aliphatic carbocycles. The second kappa shape index (κ2) is 6.08. The van der Waals surface area contributed by atoms with Crippen LogP contribution >= 0.6 is 23.2 Å². The summed E-state index contributed by atoms with van der Waals surface area (Å²) in [6, 6.07) is 6.75. The quantitative estimate of drug-likeness (QED) is 0.850. The predicted molar refractivity (Wildman–Crippen MR) is 78.5 cm³/mol. The molecule has 0 bridgehead atoms. The zero-order chi connectivity index (χ0) is 14.9. The number of halogens is 4. The standard InChI is InChI=1S/C15H13Cl2F2N/c1-8-6-9(11(17)7-13(8)19)15(20-2)14-10(16)4-3-5-12(14)18/h3-7,15,20H,1-2H3. The first-order chi connectivity index (χ1) is 9.45. The van der Waals surface area contributed by atoms with Crippen molar-refractivity contribution < 1.29 is 8.78 Å². The lowest BCUT2D eigenvalue weighted by atomic mass is 9.96. The molecule has 0 saturated heterocycles. The highest BCUT2D eigenvalue weighted by Crippen LogP contribution is 2.34. The van der Waals surface area contributed by atoms with Crippen molar-refractivity contribution in [2.24, 2.45) is 0 Å². The number of aryl methyl sites for hydroxylation is 1. The summed E-state index contributed by atoms with van der Waals surface area (Å²) in [4.78, 5) is 0. The van der Waals surface area contributed by atoms with Crippen LogP contribution in [0.5, 0.6) is 0 Å². The Morgan fingerprint density at radius 3 is 2.35 bits per heavy atom. The van der Waals surface area contributed by atoms with E-state index in [0.717, 1.165) is 0 Å². The van der Waals surface area contributed by atoms with Gasteiger partial charge in [-0.05, 0) is 49.4 Å². The van der Waals surface area contributed by atoms with Gasteiger partial charge in [0.25, 0.3) is 0 Å². The fourth-order valence-electron chi connectivity index (χ4n) is 2.14. The molecule has 0 heterocycles. The number of rotatable bonds is 3. The van der Waals surface area contributed by atoms with Crippen molar-refractivity contribution >= 4 is 23.2 Å². The van der Waals surface area contributed by atoms with Gasteiger partial charge in [-0.25, -0.2) is 8.78 Å². The molecule has 0 amide bonds. The highest BCUT2D eigenvalue weighted by atomic mass is 35.5. The number of hydrogen-bond donors (Lipinski definition) is 1. The van der Waals surface area contributed by atoms with E-state index >= 15 is 0 Å². The van der Waals surface area contributed by atoms with Crippen molar-refractivity contribution in [2.75, 3.05) is 7.05 Å². The van der Waals surface area contributed by atoms with Crippen LogP contribution in [-0.2, 0) is 0 Å². The number of benzene rings is 2. The van der Waals surface area contributed by atoms with E-state index in [2.05, 4.69) is 5.32 Å². The van der Waals surface area contributed by atoms with Crippen LogP contribution in [-0.4, -0.2) is 7.05 Å². The topological polar surface area (TPSA) is 12.0 Å². The van der Waals surface area contributed by atoms with Gasteiger partial charge >= 0.3 is 0 Å². The summed E-state index contributed by atoms with van der Waals surface area (Å²) in [5, 5.41) is 3.49. The van der Waals surface area contributed by atoms with Gasteiger partial charge in [0.05, 0.1) is 6.04 Å². The second-order valence-corrected chi connectivity index (χ2v) is 5.29. The fraction of sp³-hybridized carbons (Fsp3) is 0.200. The van der Waals surface area contributed by atoms with Crippen LogP contribution in [0.1, 0.15) is 22.7 Å². The summed E-state index contributed by atoms with van der Waals surface area (Å²) >= 11 is 12.2. The van der Waals surface area contributed by atoms with Crippen molar-refractivity contribution in [1.82, 2.24) is 5.32 Å². The Hall–Kier alpha value is -1.16. The van der Waals surface area contributed by atoms with Gasteiger partial charge in [-0.15, -0.1) is 0 Å². The molecule has 0 aromatic heterocycles. The average Bonchev–Trinajstić information content (AvgIpc) is 2.39. The lowest BCUT2D eigenvalue weighted by molar-refractivity contribution is 0.574. The van der Waals surface area contributed by atoms with Crippen molar-refractivity contribution in [3.63, 3.8) is 0 Å². The lowest BCUT2D eigenvalue weighted by Gasteiger charge is -2.21. The molecule has 0 saturated carbocycles. The van der Waals surface area contributed by atoms with E-state index in [0.29, 0.717) is 21.7 Å². The van der Waals surface area contributed by atoms with E-state index in [-0.39, 0.29) is 5.02 Å². The molecule has 0 radical (unpaired) electrons. The summed E-state index contributed by atoms with van der Waals surface area (Å²) in [6.45, 7) is 1.63. The van der Waals surface area contributed by atoms with Crippen molar-refractivity contribution in [1.29, 1.82) is 0 Å². The van der Waals surface area contributed by atoms with Gasteiger partial charge in [0, 0.05) is 15.6 Å². The zero-order valence-electron chi connectivity index (χ0n) is 11.0. The third kappa shape index (κ3) is 2.80. The highest BCUT2D eigenvalue weighted by Gasteiger charge is 2.22. The van der Waals surface area contributed by atoms with E-state index in [1.165, 1.54) is 18.2 Å². The average molecular weight is 316 g/mol. The normalized spacial score (nSPS) is 12.5. The summed E-state index contributed by atoms with van der Waals surface area (Å²) in [6.07, 6.45) is 0. The third-order valence-electron chi connectivity index (χ3n) is 3.17. The monoisotopic (exact) mass is 315 g/mol. The maximum absolute atomic E-state index is 14.0. The maximum atomic E-state index is 14.0. The molecule has 1 atom stereocenters. The molecule has 1 nitrogen and oxygen atoms in total. The minimum Gasteiger partial charge on any atom is -0.309 e. The van der Waals surface area contributed by atoms with Crippen LogP contribution in [0.3, 0.4) is 0 Å². The SMILES string of the molecule is CNC(c1cc(C)c(F)cc1Cl)c1c(F)cccc1Cl. The molecule has 0 aliphatic rings. The molecule has 5 heteroatoms. The third-order valence-corrected chi connectivity index (χ3v) is 3.82. The first-order valence-corrected chi connectivity index (χ1v) is 6.78. The predicted octanol–water partition coefficient (Wildman–Crippen LogP) is 4.89. The largest absolute Gasteiger partial charge is 0.309 e. The van der Waals surface area contributed by atoms with Gasteiger partial charge in [-0.3, -0.25) is 0 Å². The van der Waals surface area contributed by atoms with E-state index in [1.54, 1.807) is 26.1 Å². The van der Waals surface area contributed by atoms with Crippen molar-refractivity contribution in [2.45, 2.75) is 13.0 Å². The Labute approximate surface area is 126 Å². The Bertz CT molecular complexity index is 624. The van der Waals surface area contributed by atoms with Gasteiger partial charge in [0.2, 0.25) is 0 Å². The van der Waals surface area contributed by atoms with Gasteiger partial charge in [-0.1, -0.05) is 29.3 Å². The molecule has 1 N–H and O–H groups in total. The van der Waals surface area contributed by atoms with Crippen LogP contribution in [0.25, 0.3) is 0 Å². The van der Waals surface area contributed by atoms with Gasteiger partial charge < -0.3 is 5.32 Å². The van der Waals surface area contributed by atoms with E-state index in [9.17, 15) is 8.78 Å². The lowest BCUT2D eigenvalue weighted by Crippen LogP contribution is -2.20. The molecule has 1 unspecified atom stereocenters. The summed E-state index contributed by atoms with van der Waals surface area (Å²) < 4.78 is 27.5. The minimum absolute atomic E-state index is 0.228. The van der Waals surface area contributed by atoms with E-state index < -0.39 is 17.7 Å². The van der Waals surface area contributed by atoms with Crippen LogP contribution in [0.4, 0.5) is 8.78 Å². The molecule has 20 heavy (non-hydrogen) atoms. The molecule has 0 fully saturated rings. The van der Waals surface area contributed by atoms with E-state index in [1.807, 2.05) is 0 Å². The minimum atomic E-state index is -0.546. The van der Waals surface area contributed by atoms with Gasteiger partial charge in [-0.2, -0.15) is 0 Å². The Morgan fingerprint density at radius 2 is 1.75 bits per heavy atom. The first kappa shape index (κ1) is 15.2. The molecule has 2 aromatic carbocycles. The molecule has 2 aromatic rings.